The lowest BCUT2D eigenvalue weighted by Crippen LogP contribution is -2.36. The van der Waals surface area contributed by atoms with Crippen LogP contribution in [0.1, 0.15) is 28.8 Å². The zero-order valence-electron chi connectivity index (χ0n) is 12.2. The molecule has 1 rings (SSSR count). The van der Waals surface area contributed by atoms with Crippen LogP contribution in [0.15, 0.2) is 24.3 Å². The molecule has 2 amide bonds. The number of carbonyl (C=O) groups is 3. The third-order valence-corrected chi connectivity index (χ3v) is 3.29. The Morgan fingerprint density at radius 2 is 1.59 bits per heavy atom. The molecule has 22 heavy (non-hydrogen) atoms. The monoisotopic (exact) mass is 344 g/mol. The van der Waals surface area contributed by atoms with Crippen molar-refractivity contribution in [3.63, 3.8) is 0 Å². The Hall–Kier alpha value is -1.59. The summed E-state index contributed by atoms with van der Waals surface area (Å²) in [5.41, 5.74) is 1.67. The molecule has 7 heteroatoms. The highest BCUT2D eigenvalue weighted by Gasteiger charge is 2.11. The minimum Gasteiger partial charge on any atom is -0.354 e. The number of hydrogen-bond acceptors (Lipinski definition) is 3. The molecular formula is C15H18Cl2N2O3. The molecule has 0 fully saturated rings. The topological polar surface area (TPSA) is 75.3 Å². The number of carbonyl (C=O) groups excluding carboxylic acids is 3. The molecule has 0 aliphatic carbocycles. The zero-order chi connectivity index (χ0) is 16.5. The zero-order valence-corrected chi connectivity index (χ0v) is 13.7. The first-order chi connectivity index (χ1) is 10.4. The average Bonchev–Trinajstić information content (AvgIpc) is 2.49. The van der Waals surface area contributed by atoms with Gasteiger partial charge in [0.15, 0.2) is 10.6 Å². The first kappa shape index (κ1) is 18.5. The smallest absolute Gasteiger partial charge is 0.253 e. The van der Waals surface area contributed by atoms with Crippen LogP contribution < -0.4 is 10.6 Å². The van der Waals surface area contributed by atoms with Crippen molar-refractivity contribution < 1.29 is 14.4 Å². The van der Waals surface area contributed by atoms with Gasteiger partial charge < -0.3 is 10.6 Å². The van der Waals surface area contributed by atoms with Gasteiger partial charge in [0.05, 0.1) is 0 Å². The van der Waals surface area contributed by atoms with E-state index in [1.54, 1.807) is 12.1 Å². The maximum atomic E-state index is 11.9. The van der Waals surface area contributed by atoms with Crippen LogP contribution in [0.4, 0.5) is 0 Å². The van der Waals surface area contributed by atoms with Crippen molar-refractivity contribution in [2.24, 2.45) is 0 Å². The minimum atomic E-state index is -1.12. The molecule has 5 nitrogen and oxygen atoms in total. The van der Waals surface area contributed by atoms with E-state index in [2.05, 4.69) is 10.6 Å². The highest BCUT2D eigenvalue weighted by molar-refractivity contribution is 6.53. The van der Waals surface area contributed by atoms with E-state index >= 15 is 0 Å². The van der Waals surface area contributed by atoms with Gasteiger partial charge in [0.25, 0.3) is 5.91 Å². The predicted octanol–water partition coefficient (Wildman–Crippen LogP) is 1.99. The summed E-state index contributed by atoms with van der Waals surface area (Å²) in [6.45, 7) is 2.42. The molecule has 0 heterocycles. The maximum absolute atomic E-state index is 11.9. The molecule has 1 aromatic carbocycles. The van der Waals surface area contributed by atoms with Crippen LogP contribution in [0.3, 0.4) is 0 Å². The van der Waals surface area contributed by atoms with Gasteiger partial charge in [0.2, 0.25) is 5.91 Å². The molecule has 0 unspecified atom stereocenters. The molecule has 2 N–H and O–H groups in total. The fraction of sp³-hybridized carbons (Fsp3) is 0.400. The molecule has 0 radical (unpaired) electrons. The van der Waals surface area contributed by atoms with Crippen LogP contribution in [0.25, 0.3) is 0 Å². The van der Waals surface area contributed by atoms with Crippen molar-refractivity contribution >= 4 is 40.8 Å². The second-order valence-corrected chi connectivity index (χ2v) is 5.83. The lowest BCUT2D eigenvalue weighted by Gasteiger charge is -2.07. The molecule has 0 saturated heterocycles. The summed E-state index contributed by atoms with van der Waals surface area (Å²) in [5.74, 6) is -0.828. The second kappa shape index (κ2) is 9.43. The molecule has 0 aliphatic heterocycles. The van der Waals surface area contributed by atoms with E-state index in [0.29, 0.717) is 5.56 Å². The summed E-state index contributed by atoms with van der Waals surface area (Å²) in [6.07, 6.45) is 0.251. The second-order valence-electron chi connectivity index (χ2n) is 4.73. The first-order valence-corrected chi connectivity index (χ1v) is 7.70. The van der Waals surface area contributed by atoms with Gasteiger partial charge in [-0.3, -0.25) is 14.4 Å². The third-order valence-electron chi connectivity index (χ3n) is 2.90. The molecule has 0 aliphatic rings. The third kappa shape index (κ3) is 6.91. The van der Waals surface area contributed by atoms with Crippen molar-refractivity contribution in [1.29, 1.82) is 0 Å². The number of alkyl halides is 2. The lowest BCUT2D eigenvalue weighted by atomic mass is 10.1. The Morgan fingerprint density at radius 1 is 1.00 bits per heavy atom. The van der Waals surface area contributed by atoms with E-state index in [0.717, 1.165) is 5.56 Å². The summed E-state index contributed by atoms with van der Waals surface area (Å²) in [6, 6.07) is 7.22. The fourth-order valence-corrected chi connectivity index (χ4v) is 1.82. The quantitative estimate of drug-likeness (QED) is 0.430. The number of nitrogens with one attached hydrogen (secondary N) is 2. The van der Waals surface area contributed by atoms with E-state index in [9.17, 15) is 14.4 Å². The van der Waals surface area contributed by atoms with Crippen molar-refractivity contribution in [2.45, 2.75) is 24.6 Å². The largest absolute Gasteiger partial charge is 0.354 e. The SMILES string of the molecule is Cc1ccc(C(=O)CCC(=O)NCCNC(=O)C(Cl)Cl)cc1. The number of rotatable bonds is 8. The van der Waals surface area contributed by atoms with Crippen LogP contribution in [0.5, 0.6) is 0 Å². The highest BCUT2D eigenvalue weighted by atomic mass is 35.5. The van der Waals surface area contributed by atoms with Crippen LogP contribution in [-0.4, -0.2) is 35.5 Å². The predicted molar refractivity (Wildman–Crippen MR) is 86.3 cm³/mol. The van der Waals surface area contributed by atoms with Crippen molar-refractivity contribution in [3.05, 3.63) is 35.4 Å². The van der Waals surface area contributed by atoms with Crippen LogP contribution in [0.2, 0.25) is 0 Å². The number of hydrogen-bond donors (Lipinski definition) is 2. The van der Waals surface area contributed by atoms with Crippen LogP contribution in [0, 0.1) is 6.92 Å². The Bertz CT molecular complexity index is 530. The normalized spacial score (nSPS) is 10.4. The van der Waals surface area contributed by atoms with Crippen LogP contribution >= 0.6 is 23.2 Å². The van der Waals surface area contributed by atoms with Gasteiger partial charge in [-0.15, -0.1) is 0 Å². The van der Waals surface area contributed by atoms with Gasteiger partial charge in [0.1, 0.15) is 0 Å². The Balaban J connectivity index is 2.21. The number of Topliss-reactive ketones (excluding diaryl/α,β-unsaturated/α-hetero) is 1. The lowest BCUT2D eigenvalue weighted by molar-refractivity contribution is -0.122. The Morgan fingerprint density at radius 3 is 2.18 bits per heavy atom. The number of aryl methyl sites for hydroxylation is 1. The van der Waals surface area contributed by atoms with Gasteiger partial charge in [-0.05, 0) is 6.92 Å². The summed E-state index contributed by atoms with van der Waals surface area (Å²) in [7, 11) is 0. The molecule has 1 aromatic rings. The van der Waals surface area contributed by atoms with Crippen molar-refractivity contribution in [2.75, 3.05) is 13.1 Å². The molecule has 0 saturated carbocycles. The molecule has 0 bridgehead atoms. The number of benzene rings is 1. The summed E-state index contributed by atoms with van der Waals surface area (Å²) in [5, 5.41) is 5.05. The highest BCUT2D eigenvalue weighted by Crippen LogP contribution is 2.07. The van der Waals surface area contributed by atoms with E-state index in [1.807, 2.05) is 19.1 Å². The molecule has 0 spiro atoms. The van der Waals surface area contributed by atoms with Gasteiger partial charge >= 0.3 is 0 Å². The summed E-state index contributed by atoms with van der Waals surface area (Å²) in [4.78, 5) is 33.4. The van der Waals surface area contributed by atoms with E-state index in [-0.39, 0.29) is 37.6 Å². The first-order valence-electron chi connectivity index (χ1n) is 6.82. The van der Waals surface area contributed by atoms with E-state index in [1.165, 1.54) is 0 Å². The minimum absolute atomic E-state index is 0.0735. The Labute approximate surface area is 139 Å². The number of halogens is 2. The molecular weight excluding hydrogens is 327 g/mol. The number of amides is 2. The fourth-order valence-electron chi connectivity index (χ4n) is 1.66. The standard InChI is InChI=1S/C15H18Cl2N2O3/c1-10-2-4-11(5-3-10)12(20)6-7-13(21)18-8-9-19-15(22)14(16)17/h2-5,14H,6-9H2,1H3,(H,18,21)(H,19,22). The van der Waals surface area contributed by atoms with Crippen LogP contribution in [-0.2, 0) is 9.59 Å². The van der Waals surface area contributed by atoms with E-state index < -0.39 is 10.7 Å². The summed E-state index contributed by atoms with van der Waals surface area (Å²) >= 11 is 10.7. The van der Waals surface area contributed by atoms with Crippen molar-refractivity contribution in [1.82, 2.24) is 10.6 Å². The van der Waals surface area contributed by atoms with Gasteiger partial charge in [-0.1, -0.05) is 53.0 Å². The number of ketones is 1. The summed E-state index contributed by atoms with van der Waals surface area (Å²) < 4.78 is 0. The van der Waals surface area contributed by atoms with Gasteiger partial charge in [0, 0.05) is 31.5 Å². The Kier molecular flexibility index (Phi) is 7.91. The van der Waals surface area contributed by atoms with Gasteiger partial charge in [-0.25, -0.2) is 0 Å². The van der Waals surface area contributed by atoms with Crippen molar-refractivity contribution in [3.8, 4) is 0 Å². The molecule has 120 valence electrons. The van der Waals surface area contributed by atoms with Gasteiger partial charge in [-0.2, -0.15) is 0 Å². The maximum Gasteiger partial charge on any atom is 0.253 e. The average molecular weight is 345 g/mol. The molecule has 0 aromatic heterocycles. The van der Waals surface area contributed by atoms with E-state index in [4.69, 9.17) is 23.2 Å². The molecule has 0 atom stereocenters.